The summed E-state index contributed by atoms with van der Waals surface area (Å²) in [5.41, 5.74) is 2.01. The first-order chi connectivity index (χ1) is 9.24. The van der Waals surface area contributed by atoms with Crippen molar-refractivity contribution in [3.8, 4) is 5.75 Å². The van der Waals surface area contributed by atoms with Gasteiger partial charge in [0.15, 0.2) is 0 Å². The third kappa shape index (κ3) is 3.35. The van der Waals surface area contributed by atoms with Crippen molar-refractivity contribution in [2.45, 2.75) is 12.4 Å². The lowest BCUT2D eigenvalue weighted by Crippen LogP contribution is -2.19. The van der Waals surface area contributed by atoms with E-state index in [0.29, 0.717) is 18.4 Å². The molecule has 0 fully saturated rings. The summed E-state index contributed by atoms with van der Waals surface area (Å²) < 4.78 is 5.33. The van der Waals surface area contributed by atoms with Crippen LogP contribution in [0.15, 0.2) is 36.7 Å². The number of aromatic nitrogens is 2. The van der Waals surface area contributed by atoms with Crippen LogP contribution in [0.1, 0.15) is 11.1 Å². The summed E-state index contributed by atoms with van der Waals surface area (Å²) in [5.74, 6) is 1.96. The fourth-order valence-corrected chi connectivity index (χ4v) is 1.91. The van der Waals surface area contributed by atoms with Crippen LogP contribution >= 0.6 is 11.6 Å². The Labute approximate surface area is 118 Å². The van der Waals surface area contributed by atoms with Crippen molar-refractivity contribution < 1.29 is 4.74 Å². The molecule has 0 N–H and O–H groups in total. The number of hydrogen-bond acceptors (Lipinski definition) is 4. The second-order valence-corrected chi connectivity index (χ2v) is 4.46. The van der Waals surface area contributed by atoms with Gasteiger partial charge in [0.1, 0.15) is 5.75 Å². The number of halogens is 1. The number of benzene rings is 1. The summed E-state index contributed by atoms with van der Waals surface area (Å²) in [6, 6.07) is 7.92. The average Bonchev–Trinajstić information content (AvgIpc) is 2.48. The van der Waals surface area contributed by atoms with E-state index in [9.17, 15) is 0 Å². The van der Waals surface area contributed by atoms with E-state index in [1.807, 2.05) is 36.2 Å². The number of nitrogens with zero attached hydrogens (tertiary/aromatic N) is 3. The molecule has 1 heterocycles. The molecule has 0 amide bonds. The van der Waals surface area contributed by atoms with Crippen LogP contribution in [0.25, 0.3) is 0 Å². The second kappa shape index (κ2) is 6.38. The average molecular weight is 278 g/mol. The van der Waals surface area contributed by atoms with Gasteiger partial charge in [0, 0.05) is 37.1 Å². The minimum absolute atomic E-state index is 0.427. The van der Waals surface area contributed by atoms with E-state index in [2.05, 4.69) is 9.97 Å². The number of hydrogen-bond donors (Lipinski definition) is 0. The lowest BCUT2D eigenvalue weighted by Gasteiger charge is -2.18. The highest BCUT2D eigenvalue weighted by atomic mass is 35.5. The predicted octanol–water partition coefficient (Wildman–Crippen LogP) is 2.86. The molecule has 0 atom stereocenters. The molecule has 0 aliphatic rings. The molecule has 5 heteroatoms. The maximum Gasteiger partial charge on any atom is 0.225 e. The van der Waals surface area contributed by atoms with Gasteiger partial charge in [0.05, 0.1) is 13.0 Å². The molecule has 0 aliphatic carbocycles. The maximum absolute atomic E-state index is 5.72. The van der Waals surface area contributed by atoms with Crippen LogP contribution in [0, 0.1) is 0 Å². The third-order valence-corrected chi connectivity index (χ3v) is 3.10. The Morgan fingerprint density at radius 2 is 1.89 bits per heavy atom. The van der Waals surface area contributed by atoms with Crippen LogP contribution < -0.4 is 9.64 Å². The zero-order chi connectivity index (χ0) is 13.7. The number of para-hydroxylation sites is 1. The van der Waals surface area contributed by atoms with Gasteiger partial charge >= 0.3 is 0 Å². The van der Waals surface area contributed by atoms with E-state index in [1.54, 1.807) is 19.5 Å². The summed E-state index contributed by atoms with van der Waals surface area (Å²) in [6.07, 6.45) is 3.49. The Morgan fingerprint density at radius 3 is 2.53 bits per heavy atom. The highest BCUT2D eigenvalue weighted by Gasteiger charge is 2.08. The van der Waals surface area contributed by atoms with Crippen molar-refractivity contribution >= 4 is 17.5 Å². The number of rotatable bonds is 5. The number of ether oxygens (including phenoxy) is 1. The zero-order valence-electron chi connectivity index (χ0n) is 11.0. The lowest BCUT2D eigenvalue weighted by atomic mass is 10.2. The van der Waals surface area contributed by atoms with Gasteiger partial charge in [-0.2, -0.15) is 0 Å². The lowest BCUT2D eigenvalue weighted by molar-refractivity contribution is 0.409. The van der Waals surface area contributed by atoms with E-state index in [1.165, 1.54) is 0 Å². The van der Waals surface area contributed by atoms with Gasteiger partial charge < -0.3 is 9.64 Å². The van der Waals surface area contributed by atoms with Gasteiger partial charge in [-0.25, -0.2) is 9.97 Å². The van der Waals surface area contributed by atoms with Gasteiger partial charge in [0.2, 0.25) is 5.95 Å². The van der Waals surface area contributed by atoms with Gasteiger partial charge in [0.25, 0.3) is 0 Å². The summed E-state index contributed by atoms with van der Waals surface area (Å²) in [7, 11) is 3.62. The van der Waals surface area contributed by atoms with Crippen LogP contribution in [0.4, 0.5) is 5.95 Å². The molecule has 0 unspecified atom stereocenters. The van der Waals surface area contributed by atoms with Crippen LogP contribution in [0.2, 0.25) is 0 Å². The molecular formula is C14H16ClN3O. The fraction of sp³-hybridized carbons (Fsp3) is 0.286. The predicted molar refractivity (Wildman–Crippen MR) is 76.7 cm³/mol. The molecule has 100 valence electrons. The van der Waals surface area contributed by atoms with Crippen LogP contribution in [-0.4, -0.2) is 24.1 Å². The monoisotopic (exact) mass is 277 g/mol. The molecule has 0 saturated carbocycles. The van der Waals surface area contributed by atoms with Crippen molar-refractivity contribution in [2.24, 2.45) is 0 Å². The molecule has 2 rings (SSSR count). The standard InChI is InChI=1S/C14H16ClN3O/c1-18(14-16-8-11(7-15)9-17-14)10-12-5-3-4-6-13(12)19-2/h3-6,8-9H,7,10H2,1-2H3. The first-order valence-electron chi connectivity index (χ1n) is 5.94. The van der Waals surface area contributed by atoms with Gasteiger partial charge in [-0.15, -0.1) is 11.6 Å². The van der Waals surface area contributed by atoms with Crippen LogP contribution in [-0.2, 0) is 12.4 Å². The number of methoxy groups -OCH3 is 1. The Bertz CT molecular complexity index is 530. The van der Waals surface area contributed by atoms with Gasteiger partial charge in [-0.1, -0.05) is 18.2 Å². The van der Waals surface area contributed by atoms with Crippen LogP contribution in [0.5, 0.6) is 5.75 Å². The molecular weight excluding hydrogens is 262 g/mol. The van der Waals surface area contributed by atoms with Crippen molar-refractivity contribution in [3.05, 3.63) is 47.8 Å². The molecule has 19 heavy (non-hydrogen) atoms. The van der Waals surface area contributed by atoms with Crippen molar-refractivity contribution in [3.63, 3.8) is 0 Å². The fourth-order valence-electron chi connectivity index (χ4n) is 1.77. The summed E-state index contributed by atoms with van der Waals surface area (Å²) in [4.78, 5) is 10.5. The first kappa shape index (κ1) is 13.6. The molecule has 1 aromatic heterocycles. The quantitative estimate of drug-likeness (QED) is 0.788. The molecule has 1 aromatic carbocycles. The molecule has 0 radical (unpaired) electrons. The van der Waals surface area contributed by atoms with Gasteiger partial charge in [-0.3, -0.25) is 0 Å². The first-order valence-corrected chi connectivity index (χ1v) is 6.48. The Kier molecular flexibility index (Phi) is 4.58. The zero-order valence-corrected chi connectivity index (χ0v) is 11.8. The normalized spacial score (nSPS) is 10.3. The minimum atomic E-state index is 0.427. The van der Waals surface area contributed by atoms with Crippen molar-refractivity contribution in [1.82, 2.24) is 9.97 Å². The van der Waals surface area contributed by atoms with Gasteiger partial charge in [-0.05, 0) is 6.07 Å². The SMILES string of the molecule is COc1ccccc1CN(C)c1ncc(CCl)cn1. The third-order valence-electron chi connectivity index (χ3n) is 2.79. The summed E-state index contributed by atoms with van der Waals surface area (Å²) in [6.45, 7) is 0.685. The second-order valence-electron chi connectivity index (χ2n) is 4.19. The van der Waals surface area contributed by atoms with E-state index >= 15 is 0 Å². The van der Waals surface area contributed by atoms with Crippen molar-refractivity contribution in [1.29, 1.82) is 0 Å². The summed E-state index contributed by atoms with van der Waals surface area (Å²) >= 11 is 5.72. The smallest absolute Gasteiger partial charge is 0.225 e. The molecule has 0 bridgehead atoms. The molecule has 4 nitrogen and oxygen atoms in total. The van der Waals surface area contributed by atoms with Crippen molar-refractivity contribution in [2.75, 3.05) is 19.1 Å². The number of alkyl halides is 1. The maximum atomic E-state index is 5.72. The minimum Gasteiger partial charge on any atom is -0.496 e. The molecule has 0 spiro atoms. The van der Waals surface area contributed by atoms with E-state index in [0.717, 1.165) is 16.9 Å². The van der Waals surface area contributed by atoms with E-state index in [4.69, 9.17) is 16.3 Å². The van der Waals surface area contributed by atoms with E-state index < -0.39 is 0 Å². The largest absolute Gasteiger partial charge is 0.496 e. The van der Waals surface area contributed by atoms with Crippen LogP contribution in [0.3, 0.4) is 0 Å². The Morgan fingerprint density at radius 1 is 1.21 bits per heavy atom. The summed E-state index contributed by atoms with van der Waals surface area (Å²) in [5, 5.41) is 0. The van der Waals surface area contributed by atoms with E-state index in [-0.39, 0.29) is 0 Å². The topological polar surface area (TPSA) is 38.2 Å². The Hall–Kier alpha value is -1.81. The molecule has 2 aromatic rings. The highest BCUT2D eigenvalue weighted by molar-refractivity contribution is 6.17. The molecule has 0 saturated heterocycles. The molecule has 0 aliphatic heterocycles. The number of anilines is 1. The Balaban J connectivity index is 2.13. The highest BCUT2D eigenvalue weighted by Crippen LogP contribution is 2.20.